The molecule has 1 aromatic carbocycles. The molecule has 0 bridgehead atoms. The molecular formula is C28H35BF2N2O5. The summed E-state index contributed by atoms with van der Waals surface area (Å²) >= 11 is 0. The van der Waals surface area contributed by atoms with E-state index in [-0.39, 0.29) is 41.5 Å². The van der Waals surface area contributed by atoms with Crippen LogP contribution in [-0.2, 0) is 14.3 Å². The van der Waals surface area contributed by atoms with Gasteiger partial charge in [0.2, 0.25) is 0 Å². The number of benzene rings is 1. The van der Waals surface area contributed by atoms with E-state index >= 15 is 8.63 Å². The van der Waals surface area contributed by atoms with Gasteiger partial charge in [0.05, 0.1) is 36.0 Å². The van der Waals surface area contributed by atoms with Crippen molar-refractivity contribution in [3.8, 4) is 5.75 Å². The summed E-state index contributed by atoms with van der Waals surface area (Å²) in [5, 5.41) is 10.3. The van der Waals surface area contributed by atoms with Crippen molar-refractivity contribution in [2.45, 2.75) is 61.4 Å². The first-order valence-electron chi connectivity index (χ1n) is 12.9. The van der Waals surface area contributed by atoms with Crippen LogP contribution in [0.15, 0.2) is 29.0 Å². The van der Waals surface area contributed by atoms with Gasteiger partial charge >= 0.3 is 18.9 Å². The summed E-state index contributed by atoms with van der Waals surface area (Å²) in [7, 11) is 1.45. The van der Waals surface area contributed by atoms with Gasteiger partial charge in [0.1, 0.15) is 11.4 Å². The zero-order valence-electron chi connectivity index (χ0n) is 23.5. The average molecular weight is 528 g/mol. The highest BCUT2D eigenvalue weighted by Crippen LogP contribution is 2.55. The molecule has 0 fully saturated rings. The number of halogens is 2. The number of nitrogens with zero attached hydrogens (tertiary/aromatic N) is 2. The first-order valence-corrected chi connectivity index (χ1v) is 12.9. The maximum absolute atomic E-state index is 17.0. The number of phenols is 1. The molecular weight excluding hydrogens is 493 g/mol. The van der Waals surface area contributed by atoms with Crippen molar-refractivity contribution in [2.24, 2.45) is 0 Å². The SMILES string of the molecule is CCOC(=O)C1=C(C)C2=C(c3c(C)cc(O)cc3C)c3c(C)c(C(=O)OCC)c(C)n3[B-](F)(F)[N+]2(C)C1C. The number of aromatic hydroxyl groups is 1. The van der Waals surface area contributed by atoms with E-state index in [1.165, 1.54) is 14.0 Å². The van der Waals surface area contributed by atoms with Gasteiger partial charge in [-0.25, -0.2) is 9.59 Å². The van der Waals surface area contributed by atoms with Gasteiger partial charge in [-0.15, -0.1) is 0 Å². The maximum atomic E-state index is 17.0. The Morgan fingerprint density at radius 2 is 1.55 bits per heavy atom. The van der Waals surface area contributed by atoms with Crippen LogP contribution in [0.3, 0.4) is 0 Å². The van der Waals surface area contributed by atoms with E-state index in [0.29, 0.717) is 39.1 Å². The Morgan fingerprint density at radius 3 is 2.08 bits per heavy atom. The Balaban J connectivity index is 2.27. The molecule has 1 N–H and O–H groups in total. The highest BCUT2D eigenvalue weighted by Gasteiger charge is 2.65. The molecule has 2 aromatic rings. The lowest BCUT2D eigenvalue weighted by atomic mass is 9.77. The fraction of sp³-hybridized carbons (Fsp3) is 0.429. The van der Waals surface area contributed by atoms with Crippen LogP contribution in [0.4, 0.5) is 8.63 Å². The average Bonchev–Trinajstić information content (AvgIpc) is 3.18. The summed E-state index contributed by atoms with van der Waals surface area (Å²) < 4.78 is 44.8. The van der Waals surface area contributed by atoms with E-state index in [4.69, 9.17) is 9.47 Å². The Bertz CT molecular complexity index is 1430. The molecule has 3 heterocycles. The summed E-state index contributed by atoms with van der Waals surface area (Å²) in [4.78, 5) is 26.1. The molecule has 7 nitrogen and oxygen atoms in total. The Morgan fingerprint density at radius 1 is 1.03 bits per heavy atom. The monoisotopic (exact) mass is 528 g/mol. The van der Waals surface area contributed by atoms with Gasteiger partial charge in [0, 0.05) is 18.3 Å². The van der Waals surface area contributed by atoms with Crippen molar-refractivity contribution in [1.29, 1.82) is 0 Å². The van der Waals surface area contributed by atoms with Crippen LogP contribution >= 0.6 is 0 Å². The maximum Gasteiger partial charge on any atom is 0.665 e. The lowest BCUT2D eigenvalue weighted by Gasteiger charge is -2.54. The smallest absolute Gasteiger partial charge is 0.508 e. The van der Waals surface area contributed by atoms with Gasteiger partial charge in [-0.3, -0.25) is 0 Å². The van der Waals surface area contributed by atoms with E-state index in [9.17, 15) is 14.7 Å². The molecule has 10 heteroatoms. The number of carbonyl (C=O) groups is 2. The minimum Gasteiger partial charge on any atom is -0.508 e. The number of fused-ring (bicyclic) bond motifs is 2. The molecule has 1 aromatic heterocycles. The number of allylic oxidation sites excluding steroid dienone is 1. The number of esters is 2. The first kappa shape index (κ1) is 27.6. The van der Waals surface area contributed by atoms with Crippen molar-refractivity contribution in [3.63, 3.8) is 0 Å². The summed E-state index contributed by atoms with van der Waals surface area (Å²) in [6.45, 7) is 9.22. The van der Waals surface area contributed by atoms with Crippen LogP contribution in [0.5, 0.6) is 5.75 Å². The van der Waals surface area contributed by atoms with Crippen molar-refractivity contribution in [2.75, 3.05) is 20.3 Å². The lowest BCUT2D eigenvalue weighted by Crippen LogP contribution is -2.69. The summed E-state index contributed by atoms with van der Waals surface area (Å²) in [6, 6.07) is 2.25. The number of carbonyl (C=O) groups excluding carboxylic acids is 2. The predicted molar refractivity (Wildman–Crippen MR) is 142 cm³/mol. The van der Waals surface area contributed by atoms with E-state index in [0.717, 1.165) is 4.48 Å². The van der Waals surface area contributed by atoms with Crippen molar-refractivity contribution in [1.82, 2.24) is 4.48 Å². The second kappa shape index (κ2) is 9.11. The number of ether oxygens (including phenoxy) is 2. The molecule has 0 saturated heterocycles. The molecule has 2 atom stereocenters. The second-order valence-corrected chi connectivity index (χ2v) is 10.4. The summed E-state index contributed by atoms with van der Waals surface area (Å²) in [5.41, 5.74) is 4.33. The molecule has 2 unspecified atom stereocenters. The normalized spacial score (nSPS) is 21.9. The molecule has 0 amide bonds. The minimum atomic E-state index is -4.45. The van der Waals surface area contributed by atoms with E-state index in [2.05, 4.69) is 0 Å². The van der Waals surface area contributed by atoms with Crippen molar-refractivity contribution < 1.29 is 37.2 Å². The van der Waals surface area contributed by atoms with E-state index in [1.54, 1.807) is 46.8 Å². The van der Waals surface area contributed by atoms with Crippen LogP contribution in [0, 0.1) is 27.7 Å². The fourth-order valence-electron chi connectivity index (χ4n) is 6.63. The third kappa shape index (κ3) is 3.42. The number of hydrogen-bond donors (Lipinski definition) is 1. The van der Waals surface area contributed by atoms with Crippen LogP contribution in [0.1, 0.15) is 71.7 Å². The highest BCUT2D eigenvalue weighted by atomic mass is 19.2. The third-order valence-corrected chi connectivity index (χ3v) is 8.33. The molecule has 0 spiro atoms. The summed E-state index contributed by atoms with van der Waals surface area (Å²) in [6.07, 6.45) is 0. The predicted octanol–water partition coefficient (Wildman–Crippen LogP) is 5.33. The topological polar surface area (TPSA) is 77.8 Å². The molecule has 0 radical (unpaired) electrons. The van der Waals surface area contributed by atoms with Crippen LogP contribution in [-0.4, -0.2) is 59.2 Å². The first-order chi connectivity index (χ1) is 17.7. The van der Waals surface area contributed by atoms with Gasteiger partial charge in [-0.1, -0.05) is 0 Å². The second-order valence-electron chi connectivity index (χ2n) is 10.4. The molecule has 204 valence electrons. The van der Waals surface area contributed by atoms with Gasteiger partial charge in [-0.2, -0.15) is 0 Å². The minimum absolute atomic E-state index is 0.0618. The van der Waals surface area contributed by atoms with Gasteiger partial charge < -0.3 is 32.1 Å². The highest BCUT2D eigenvalue weighted by molar-refractivity contribution is 6.58. The number of aryl methyl sites for hydroxylation is 2. The van der Waals surface area contributed by atoms with Crippen molar-refractivity contribution >= 4 is 24.5 Å². The fourth-order valence-corrected chi connectivity index (χ4v) is 6.63. The van der Waals surface area contributed by atoms with E-state index < -0.39 is 29.3 Å². The van der Waals surface area contributed by atoms with Gasteiger partial charge in [-0.05, 0) is 95.5 Å². The molecule has 2 aliphatic heterocycles. The number of likely N-dealkylation sites (N-methyl/N-ethyl adjacent to an activating group) is 1. The number of aromatic nitrogens is 1. The van der Waals surface area contributed by atoms with Crippen molar-refractivity contribution in [3.05, 3.63) is 68.2 Å². The Hall–Kier alpha value is -3.40. The standard InChI is InChI=1S/C28H35BF2N2O5/c1-10-37-27(35)22-16(5)25-24(21-14(3)12-20(34)13-15(21)4)26-17(6)23(28(36)38-11-2)19(8)33(26,9)29(30,31)32(25)18(22)7/h12-13,19,34H,10-11H2,1-9H3. The third-order valence-electron chi connectivity index (χ3n) is 8.33. The molecule has 0 aliphatic carbocycles. The number of phenolic OH excluding ortho intramolecular Hbond substituents is 1. The van der Waals surface area contributed by atoms with Crippen LogP contribution in [0.2, 0.25) is 0 Å². The Kier molecular flexibility index (Phi) is 6.63. The zero-order chi connectivity index (χ0) is 28.5. The quantitative estimate of drug-likeness (QED) is 0.420. The number of hydrogen-bond acceptors (Lipinski definition) is 5. The Labute approximate surface area is 222 Å². The molecule has 38 heavy (non-hydrogen) atoms. The van der Waals surface area contributed by atoms with Gasteiger partial charge in [0.15, 0.2) is 0 Å². The largest absolute Gasteiger partial charge is 0.665 e. The van der Waals surface area contributed by atoms with E-state index in [1.807, 2.05) is 13.8 Å². The molecule has 2 aliphatic rings. The van der Waals surface area contributed by atoms with Crippen LogP contribution in [0.25, 0.3) is 5.57 Å². The molecule has 4 rings (SSSR count). The summed E-state index contributed by atoms with van der Waals surface area (Å²) in [5.74, 6) is -1.21. The number of rotatable bonds is 5. The van der Waals surface area contributed by atoms with Crippen LogP contribution < -0.4 is 0 Å². The lowest BCUT2D eigenvalue weighted by molar-refractivity contribution is -0.798. The zero-order valence-corrected chi connectivity index (χ0v) is 23.5. The molecule has 0 saturated carbocycles. The number of quaternary nitrogens is 1. The van der Waals surface area contributed by atoms with Gasteiger partial charge in [0.25, 0.3) is 0 Å².